The fourth-order valence-electron chi connectivity index (χ4n) is 1.16. The van der Waals surface area contributed by atoms with Crippen LogP contribution in [0.1, 0.15) is 5.56 Å². The molecule has 0 spiro atoms. The van der Waals surface area contributed by atoms with Crippen molar-refractivity contribution in [2.45, 2.75) is 12.6 Å². The normalized spacial score (nSPS) is 12.1. The fourth-order valence-corrected chi connectivity index (χ4v) is 1.16. The van der Waals surface area contributed by atoms with Gasteiger partial charge in [0, 0.05) is 7.11 Å². The first kappa shape index (κ1) is 12.5. The molecule has 0 aromatic heterocycles. The number of carbonyl (C=O) groups excluding carboxylic acids is 1. The molecule has 4 N–H and O–H groups in total. The predicted molar refractivity (Wildman–Crippen MR) is 59.8 cm³/mol. The minimum Gasteiger partial charge on any atom is -0.491 e. The van der Waals surface area contributed by atoms with Crippen molar-refractivity contribution in [1.29, 1.82) is 0 Å². The monoisotopic (exact) mass is 224 g/mol. The summed E-state index contributed by atoms with van der Waals surface area (Å²) in [6, 6.07) is 6.60. The lowest BCUT2D eigenvalue weighted by Crippen LogP contribution is -2.41. The topological polar surface area (TPSA) is 87.6 Å². The molecule has 88 valence electrons. The standard InChI is InChI=1S/C11H16N2O3/c1-15-6-8-3-2-4-9(5-8)16-7-10(12)11(13)14/h2-5,10H,6-7,12H2,1H3,(H2,13,14). The van der Waals surface area contributed by atoms with E-state index >= 15 is 0 Å². The van der Waals surface area contributed by atoms with Crippen LogP contribution in [0.15, 0.2) is 24.3 Å². The largest absolute Gasteiger partial charge is 0.491 e. The van der Waals surface area contributed by atoms with Crippen LogP contribution in [0.4, 0.5) is 0 Å². The van der Waals surface area contributed by atoms with Gasteiger partial charge in [0.05, 0.1) is 6.61 Å². The summed E-state index contributed by atoms with van der Waals surface area (Å²) < 4.78 is 10.3. The molecule has 0 saturated heterocycles. The summed E-state index contributed by atoms with van der Waals surface area (Å²) in [5.41, 5.74) is 11.4. The molecule has 0 saturated carbocycles. The highest BCUT2D eigenvalue weighted by atomic mass is 16.5. The summed E-state index contributed by atoms with van der Waals surface area (Å²) in [4.78, 5) is 10.7. The SMILES string of the molecule is COCc1cccc(OCC(N)C(N)=O)c1. The Balaban J connectivity index is 2.53. The Labute approximate surface area is 94.3 Å². The van der Waals surface area contributed by atoms with E-state index in [2.05, 4.69) is 0 Å². The highest BCUT2D eigenvalue weighted by Crippen LogP contribution is 2.13. The van der Waals surface area contributed by atoms with E-state index in [9.17, 15) is 4.79 Å². The molecule has 1 atom stereocenters. The van der Waals surface area contributed by atoms with Crippen molar-refractivity contribution in [3.63, 3.8) is 0 Å². The van der Waals surface area contributed by atoms with E-state index in [1.807, 2.05) is 18.2 Å². The Bertz CT molecular complexity index is 355. The van der Waals surface area contributed by atoms with Gasteiger partial charge in [-0.25, -0.2) is 0 Å². The van der Waals surface area contributed by atoms with Gasteiger partial charge in [-0.2, -0.15) is 0 Å². The second-order valence-corrected chi connectivity index (χ2v) is 3.40. The van der Waals surface area contributed by atoms with E-state index < -0.39 is 11.9 Å². The number of carbonyl (C=O) groups is 1. The Hall–Kier alpha value is -1.59. The van der Waals surface area contributed by atoms with Crippen LogP contribution in [0, 0.1) is 0 Å². The molecule has 0 aliphatic heterocycles. The highest BCUT2D eigenvalue weighted by Gasteiger charge is 2.09. The molecule has 1 unspecified atom stereocenters. The molecule has 0 radical (unpaired) electrons. The highest BCUT2D eigenvalue weighted by molar-refractivity contribution is 5.79. The molecule has 0 bridgehead atoms. The lowest BCUT2D eigenvalue weighted by Gasteiger charge is -2.10. The number of benzene rings is 1. The van der Waals surface area contributed by atoms with Gasteiger partial charge < -0.3 is 20.9 Å². The van der Waals surface area contributed by atoms with Gasteiger partial charge >= 0.3 is 0 Å². The van der Waals surface area contributed by atoms with E-state index in [0.717, 1.165) is 5.56 Å². The van der Waals surface area contributed by atoms with E-state index in [0.29, 0.717) is 12.4 Å². The van der Waals surface area contributed by atoms with Gasteiger partial charge in [0.1, 0.15) is 18.4 Å². The maximum Gasteiger partial charge on any atom is 0.237 e. The third-order valence-electron chi connectivity index (χ3n) is 2.00. The van der Waals surface area contributed by atoms with Crippen LogP contribution in [0.3, 0.4) is 0 Å². The second kappa shape index (κ2) is 6.09. The van der Waals surface area contributed by atoms with Crippen molar-refractivity contribution in [3.05, 3.63) is 29.8 Å². The summed E-state index contributed by atoms with van der Waals surface area (Å²) >= 11 is 0. The predicted octanol–water partition coefficient (Wildman–Crippen LogP) is 0.0244. The molecule has 5 nitrogen and oxygen atoms in total. The van der Waals surface area contributed by atoms with Gasteiger partial charge in [-0.1, -0.05) is 12.1 Å². The smallest absolute Gasteiger partial charge is 0.237 e. The molecule has 16 heavy (non-hydrogen) atoms. The van der Waals surface area contributed by atoms with E-state index in [-0.39, 0.29) is 6.61 Å². The van der Waals surface area contributed by atoms with Crippen LogP contribution < -0.4 is 16.2 Å². The number of ether oxygens (including phenoxy) is 2. The number of methoxy groups -OCH3 is 1. The van der Waals surface area contributed by atoms with Gasteiger partial charge in [0.15, 0.2) is 0 Å². The third-order valence-corrected chi connectivity index (χ3v) is 2.00. The molecular formula is C11H16N2O3. The second-order valence-electron chi connectivity index (χ2n) is 3.40. The summed E-state index contributed by atoms with van der Waals surface area (Å²) in [5, 5.41) is 0. The maximum absolute atomic E-state index is 10.7. The number of rotatable bonds is 6. The Morgan fingerprint density at radius 2 is 2.25 bits per heavy atom. The van der Waals surface area contributed by atoms with E-state index in [1.165, 1.54) is 0 Å². The molecule has 1 aromatic carbocycles. The molecule has 0 heterocycles. The number of nitrogens with two attached hydrogens (primary N) is 2. The zero-order valence-electron chi connectivity index (χ0n) is 9.18. The molecule has 0 aliphatic rings. The van der Waals surface area contributed by atoms with Crippen LogP contribution in [0.5, 0.6) is 5.75 Å². The Morgan fingerprint density at radius 3 is 2.88 bits per heavy atom. The molecule has 5 heteroatoms. The van der Waals surface area contributed by atoms with Gasteiger partial charge in [0.25, 0.3) is 0 Å². The summed E-state index contributed by atoms with van der Waals surface area (Å²) in [7, 11) is 1.62. The summed E-state index contributed by atoms with van der Waals surface area (Å²) in [5.74, 6) is 0.0688. The summed E-state index contributed by atoms with van der Waals surface area (Å²) in [6.07, 6.45) is 0. The van der Waals surface area contributed by atoms with Crippen molar-refractivity contribution in [3.8, 4) is 5.75 Å². The summed E-state index contributed by atoms with van der Waals surface area (Å²) in [6.45, 7) is 0.588. The average Bonchev–Trinajstić information content (AvgIpc) is 2.26. The molecule has 0 fully saturated rings. The van der Waals surface area contributed by atoms with Crippen molar-refractivity contribution in [1.82, 2.24) is 0 Å². The van der Waals surface area contributed by atoms with Gasteiger partial charge in [-0.15, -0.1) is 0 Å². The number of hydrogen-bond acceptors (Lipinski definition) is 4. The Morgan fingerprint density at radius 1 is 1.50 bits per heavy atom. The van der Waals surface area contributed by atoms with Crippen molar-refractivity contribution >= 4 is 5.91 Å². The average molecular weight is 224 g/mol. The van der Waals surface area contributed by atoms with Crippen LogP contribution in [-0.4, -0.2) is 25.7 Å². The number of amides is 1. The maximum atomic E-state index is 10.7. The lowest BCUT2D eigenvalue weighted by atomic mass is 10.2. The van der Waals surface area contributed by atoms with E-state index in [4.69, 9.17) is 20.9 Å². The Kier molecular flexibility index (Phi) is 4.75. The molecule has 1 rings (SSSR count). The van der Waals surface area contributed by atoms with Crippen molar-refractivity contribution < 1.29 is 14.3 Å². The van der Waals surface area contributed by atoms with Crippen molar-refractivity contribution in [2.24, 2.45) is 11.5 Å². The zero-order chi connectivity index (χ0) is 12.0. The van der Waals surface area contributed by atoms with Crippen LogP contribution in [0.2, 0.25) is 0 Å². The zero-order valence-corrected chi connectivity index (χ0v) is 9.18. The van der Waals surface area contributed by atoms with E-state index in [1.54, 1.807) is 13.2 Å². The lowest BCUT2D eigenvalue weighted by molar-refractivity contribution is -0.119. The third kappa shape index (κ3) is 3.88. The minimum atomic E-state index is -0.786. The molecule has 0 aliphatic carbocycles. The van der Waals surface area contributed by atoms with Crippen LogP contribution in [0.25, 0.3) is 0 Å². The van der Waals surface area contributed by atoms with Crippen molar-refractivity contribution in [2.75, 3.05) is 13.7 Å². The fraction of sp³-hybridized carbons (Fsp3) is 0.364. The number of hydrogen-bond donors (Lipinski definition) is 2. The first-order valence-corrected chi connectivity index (χ1v) is 4.89. The first-order valence-electron chi connectivity index (χ1n) is 4.89. The molecule has 1 amide bonds. The van der Waals surface area contributed by atoms with Crippen LogP contribution in [-0.2, 0) is 16.1 Å². The van der Waals surface area contributed by atoms with Gasteiger partial charge in [0.2, 0.25) is 5.91 Å². The van der Waals surface area contributed by atoms with Gasteiger partial charge in [-0.05, 0) is 17.7 Å². The minimum absolute atomic E-state index is 0.0752. The first-order chi connectivity index (χ1) is 7.63. The number of primary amides is 1. The molecule has 1 aromatic rings. The van der Waals surface area contributed by atoms with Gasteiger partial charge in [-0.3, -0.25) is 4.79 Å². The quantitative estimate of drug-likeness (QED) is 0.713. The van der Waals surface area contributed by atoms with Crippen LogP contribution >= 0.6 is 0 Å². The molecular weight excluding hydrogens is 208 g/mol.